The van der Waals surface area contributed by atoms with E-state index in [9.17, 15) is 9.59 Å². The summed E-state index contributed by atoms with van der Waals surface area (Å²) >= 11 is 0. The van der Waals surface area contributed by atoms with Crippen molar-refractivity contribution in [1.82, 2.24) is 0 Å². The van der Waals surface area contributed by atoms with E-state index in [1.807, 2.05) is 30.3 Å². The van der Waals surface area contributed by atoms with Crippen LogP contribution in [0.2, 0.25) is 0 Å². The number of ketones is 1. The van der Waals surface area contributed by atoms with Gasteiger partial charge in [0.1, 0.15) is 17.2 Å². The minimum atomic E-state index is -0.346. The van der Waals surface area contributed by atoms with Gasteiger partial charge in [0, 0.05) is 11.1 Å². The largest absolute Gasteiger partial charge is 0.497 e. The Bertz CT molecular complexity index is 1400. The average Bonchev–Trinajstić information content (AvgIpc) is 2.99. The summed E-state index contributed by atoms with van der Waals surface area (Å²) in [4.78, 5) is 27.0. The number of para-hydroxylation sites is 1. The molecule has 7 nitrogen and oxygen atoms in total. The number of ether oxygens (including phenoxy) is 3. The second-order valence-corrected chi connectivity index (χ2v) is 8.28. The van der Waals surface area contributed by atoms with Gasteiger partial charge in [-0.3, -0.25) is 9.59 Å². The highest BCUT2D eigenvalue weighted by Crippen LogP contribution is 2.23. The summed E-state index contributed by atoms with van der Waals surface area (Å²) in [5.41, 5.74) is 2.63. The molecule has 1 amide bonds. The minimum absolute atomic E-state index is 0.0299. The third-order valence-corrected chi connectivity index (χ3v) is 5.91. The molecule has 0 spiro atoms. The van der Waals surface area contributed by atoms with Crippen LogP contribution in [-0.4, -0.2) is 38.7 Å². The van der Waals surface area contributed by atoms with Gasteiger partial charge in [-0.15, -0.1) is 0 Å². The van der Waals surface area contributed by atoms with Crippen molar-refractivity contribution in [3.05, 3.63) is 120 Å². The molecule has 192 valence electrons. The maximum Gasteiger partial charge on any atom is 0.278 e. The van der Waals surface area contributed by atoms with E-state index in [1.165, 1.54) is 5.01 Å². The summed E-state index contributed by atoms with van der Waals surface area (Å²) in [6.45, 7) is 0. The predicted octanol–water partition coefficient (Wildman–Crippen LogP) is 6.04. The number of carbonyl (C=O) groups excluding carboxylic acids is 2. The molecule has 0 aliphatic heterocycles. The number of anilines is 1. The number of hydrogen-bond acceptors (Lipinski definition) is 6. The third-order valence-electron chi connectivity index (χ3n) is 5.91. The van der Waals surface area contributed by atoms with Crippen LogP contribution in [0.4, 0.5) is 5.69 Å². The molecule has 0 N–H and O–H groups in total. The molecule has 0 saturated heterocycles. The number of carbonyl (C=O) groups is 2. The normalized spacial score (nSPS) is 11.0. The number of nitrogens with zero attached hydrogens (tertiary/aromatic N) is 2. The zero-order chi connectivity index (χ0) is 26.9. The quantitative estimate of drug-likeness (QED) is 0.148. The standard InChI is InChI=1S/C31H28N2O5/c1-36-26-15-9-22(10-16-26)29(21-30(34)23-11-17-27(37-2)18-12-23)32-33(25-7-5-4-6-8-25)31(35)24-13-19-28(38-3)20-14-24/h4-20H,21H2,1-3H3/b32-29-. The van der Waals surface area contributed by atoms with Crippen molar-refractivity contribution in [2.75, 3.05) is 26.3 Å². The number of methoxy groups -OCH3 is 3. The molecule has 0 aliphatic rings. The number of Topliss-reactive ketones (excluding diaryl/α,β-unsaturated/α-hetero) is 1. The van der Waals surface area contributed by atoms with E-state index in [4.69, 9.17) is 19.3 Å². The Morgan fingerprint density at radius 2 is 1.05 bits per heavy atom. The molecule has 0 heterocycles. The first kappa shape index (κ1) is 26.2. The topological polar surface area (TPSA) is 77.4 Å². The van der Waals surface area contributed by atoms with Gasteiger partial charge in [0.25, 0.3) is 5.91 Å². The monoisotopic (exact) mass is 508 g/mol. The molecular weight excluding hydrogens is 480 g/mol. The van der Waals surface area contributed by atoms with Crippen molar-refractivity contribution >= 4 is 23.1 Å². The second-order valence-electron chi connectivity index (χ2n) is 8.28. The minimum Gasteiger partial charge on any atom is -0.497 e. The molecule has 0 saturated carbocycles. The van der Waals surface area contributed by atoms with E-state index in [-0.39, 0.29) is 18.1 Å². The fourth-order valence-electron chi connectivity index (χ4n) is 3.78. The lowest BCUT2D eigenvalue weighted by Gasteiger charge is -2.20. The van der Waals surface area contributed by atoms with Crippen LogP contribution in [0.1, 0.15) is 32.7 Å². The molecule has 0 bridgehead atoms. The zero-order valence-corrected chi connectivity index (χ0v) is 21.5. The van der Waals surface area contributed by atoms with Gasteiger partial charge in [0.15, 0.2) is 5.78 Å². The smallest absolute Gasteiger partial charge is 0.278 e. The van der Waals surface area contributed by atoms with Crippen LogP contribution in [0.3, 0.4) is 0 Å². The highest BCUT2D eigenvalue weighted by molar-refractivity contribution is 6.17. The molecule has 0 atom stereocenters. The molecule has 4 aromatic carbocycles. The Hall–Kier alpha value is -4.91. The van der Waals surface area contributed by atoms with Crippen molar-refractivity contribution in [1.29, 1.82) is 0 Å². The van der Waals surface area contributed by atoms with Crippen LogP contribution in [0.25, 0.3) is 0 Å². The number of hydrogen-bond donors (Lipinski definition) is 0. The van der Waals surface area contributed by atoms with Crippen LogP contribution in [0.15, 0.2) is 108 Å². The Labute approximate surface area is 221 Å². The van der Waals surface area contributed by atoms with Gasteiger partial charge in [0.2, 0.25) is 0 Å². The molecular formula is C31H28N2O5. The van der Waals surface area contributed by atoms with Crippen molar-refractivity contribution in [3.8, 4) is 17.2 Å². The maximum atomic E-state index is 13.7. The van der Waals surface area contributed by atoms with Gasteiger partial charge >= 0.3 is 0 Å². The highest BCUT2D eigenvalue weighted by Gasteiger charge is 2.21. The molecule has 0 fully saturated rings. The van der Waals surface area contributed by atoms with Crippen LogP contribution < -0.4 is 19.2 Å². The lowest BCUT2D eigenvalue weighted by Crippen LogP contribution is -2.28. The van der Waals surface area contributed by atoms with Gasteiger partial charge in [0.05, 0.1) is 39.1 Å². The molecule has 38 heavy (non-hydrogen) atoms. The number of hydrazone groups is 1. The molecule has 0 aliphatic carbocycles. The third kappa shape index (κ3) is 6.25. The van der Waals surface area contributed by atoms with E-state index in [0.717, 1.165) is 0 Å². The summed E-state index contributed by atoms with van der Waals surface area (Å²) in [6.07, 6.45) is -0.0299. The summed E-state index contributed by atoms with van der Waals surface area (Å²) in [6, 6.07) is 30.0. The first-order valence-corrected chi connectivity index (χ1v) is 11.9. The van der Waals surface area contributed by atoms with Crippen LogP contribution in [0.5, 0.6) is 17.2 Å². The number of rotatable bonds is 10. The molecule has 0 unspecified atom stereocenters. The van der Waals surface area contributed by atoms with Crippen molar-refractivity contribution < 1.29 is 23.8 Å². The predicted molar refractivity (Wildman–Crippen MR) is 148 cm³/mol. The van der Waals surface area contributed by atoms with Crippen LogP contribution in [-0.2, 0) is 0 Å². The first-order valence-electron chi connectivity index (χ1n) is 11.9. The fourth-order valence-corrected chi connectivity index (χ4v) is 3.78. The lowest BCUT2D eigenvalue weighted by atomic mass is 10.0. The summed E-state index contributed by atoms with van der Waals surface area (Å²) in [7, 11) is 4.73. The molecule has 0 aromatic heterocycles. The first-order chi connectivity index (χ1) is 18.5. The van der Waals surface area contributed by atoms with E-state index in [2.05, 4.69) is 0 Å². The lowest BCUT2D eigenvalue weighted by molar-refractivity contribution is 0.0980. The number of amides is 1. The summed E-state index contributed by atoms with van der Waals surface area (Å²) < 4.78 is 15.7. The molecule has 4 aromatic rings. The summed E-state index contributed by atoms with van der Waals surface area (Å²) in [5, 5.41) is 6.10. The van der Waals surface area contributed by atoms with Crippen LogP contribution >= 0.6 is 0 Å². The Balaban J connectivity index is 1.77. The summed E-state index contributed by atoms with van der Waals surface area (Å²) in [5.74, 6) is 1.48. The fraction of sp³-hybridized carbons (Fsp3) is 0.129. The van der Waals surface area contributed by atoms with Gasteiger partial charge in [-0.1, -0.05) is 18.2 Å². The van der Waals surface area contributed by atoms with Crippen molar-refractivity contribution in [2.24, 2.45) is 5.10 Å². The maximum absolute atomic E-state index is 13.7. The van der Waals surface area contributed by atoms with Gasteiger partial charge in [-0.25, -0.2) is 0 Å². The second kappa shape index (κ2) is 12.4. The molecule has 7 heteroatoms. The molecule has 0 radical (unpaired) electrons. The van der Waals surface area contributed by atoms with Crippen molar-refractivity contribution in [2.45, 2.75) is 6.42 Å². The van der Waals surface area contributed by atoms with Gasteiger partial charge < -0.3 is 14.2 Å². The average molecular weight is 509 g/mol. The SMILES string of the molecule is COc1ccc(C(=O)C/C(=N/N(C(=O)c2ccc(OC)cc2)c2ccccc2)c2ccc(OC)cc2)cc1. The number of benzene rings is 4. The van der Waals surface area contributed by atoms with Gasteiger partial charge in [-0.05, 0) is 90.5 Å². The Kier molecular flexibility index (Phi) is 8.51. The van der Waals surface area contributed by atoms with E-state index < -0.39 is 0 Å². The Morgan fingerprint density at radius 3 is 1.53 bits per heavy atom. The Morgan fingerprint density at radius 1 is 0.605 bits per heavy atom. The van der Waals surface area contributed by atoms with Crippen LogP contribution in [0, 0.1) is 0 Å². The van der Waals surface area contributed by atoms with E-state index in [0.29, 0.717) is 45.3 Å². The van der Waals surface area contributed by atoms with Crippen molar-refractivity contribution in [3.63, 3.8) is 0 Å². The zero-order valence-electron chi connectivity index (χ0n) is 21.5. The highest BCUT2D eigenvalue weighted by atomic mass is 16.5. The van der Waals surface area contributed by atoms with E-state index in [1.54, 1.807) is 94.1 Å². The molecule has 4 rings (SSSR count). The van der Waals surface area contributed by atoms with Gasteiger partial charge in [-0.2, -0.15) is 10.1 Å². The van der Waals surface area contributed by atoms with E-state index >= 15 is 0 Å².